The summed E-state index contributed by atoms with van der Waals surface area (Å²) in [6, 6.07) is 0. The van der Waals surface area contributed by atoms with Crippen LogP contribution in [0.15, 0.2) is 28.1 Å². The third-order valence-electron chi connectivity index (χ3n) is 3.02. The van der Waals surface area contributed by atoms with Crippen LogP contribution in [0.4, 0.5) is 0 Å². The zero-order valence-corrected chi connectivity index (χ0v) is 13.1. The topological polar surface area (TPSA) is 90.9 Å². The quantitative estimate of drug-likeness (QED) is 0.520. The van der Waals surface area contributed by atoms with Crippen molar-refractivity contribution < 1.29 is 0 Å². The first kappa shape index (κ1) is 13.7. The van der Waals surface area contributed by atoms with Crippen LogP contribution in [-0.2, 0) is 6.54 Å². The molecule has 4 aromatic rings. The maximum atomic E-state index is 12.2. The molecule has 0 aliphatic rings. The van der Waals surface area contributed by atoms with Gasteiger partial charge in [0.25, 0.3) is 0 Å². The average molecular weight is 341 g/mol. The summed E-state index contributed by atoms with van der Waals surface area (Å²) >= 11 is 2.92. The minimum absolute atomic E-state index is 0.0563. The molecule has 0 radical (unpaired) electrons. The van der Waals surface area contributed by atoms with Gasteiger partial charge in [0.15, 0.2) is 5.65 Å². The van der Waals surface area contributed by atoms with Crippen LogP contribution in [0.1, 0.15) is 0 Å². The van der Waals surface area contributed by atoms with Gasteiger partial charge in [0.1, 0.15) is 34.3 Å². The summed E-state index contributed by atoms with van der Waals surface area (Å²) < 4.78 is 2.41. The molecule has 4 aromatic heterocycles. The van der Waals surface area contributed by atoms with Gasteiger partial charge in [0.2, 0.25) is 0 Å². The zero-order valence-electron chi connectivity index (χ0n) is 11.4. The molecule has 0 saturated heterocycles. The van der Waals surface area contributed by atoms with E-state index in [-0.39, 0.29) is 12.2 Å². The van der Waals surface area contributed by atoms with Gasteiger partial charge < -0.3 is 0 Å². The minimum atomic E-state index is -0.386. The predicted molar refractivity (Wildman–Crippen MR) is 86.1 cm³/mol. The summed E-state index contributed by atoms with van der Waals surface area (Å²) in [7, 11) is 0. The fraction of sp³-hybridized carbons (Fsp3) is 0.0769. The molecular formula is C13H7N7OS2. The Morgan fingerprint density at radius 3 is 2.96 bits per heavy atom. The minimum Gasteiger partial charge on any atom is -0.245 e. The third-order valence-corrected chi connectivity index (χ3v) is 4.66. The fourth-order valence-electron chi connectivity index (χ4n) is 2.00. The summed E-state index contributed by atoms with van der Waals surface area (Å²) in [4.78, 5) is 25.2. The lowest BCUT2D eigenvalue weighted by atomic mass is 10.4. The van der Waals surface area contributed by atoms with E-state index < -0.39 is 0 Å². The molecule has 0 spiro atoms. The van der Waals surface area contributed by atoms with Gasteiger partial charge in [0, 0.05) is 17.0 Å². The number of thiazole rings is 2. The van der Waals surface area contributed by atoms with Gasteiger partial charge in [-0.15, -0.1) is 34.2 Å². The second-order valence-corrected chi connectivity index (χ2v) is 6.15. The average Bonchev–Trinajstić information content (AvgIpc) is 3.29. The number of hydrogen-bond donors (Lipinski definition) is 0. The van der Waals surface area contributed by atoms with Gasteiger partial charge in [-0.2, -0.15) is 4.68 Å². The molecule has 0 bridgehead atoms. The second kappa shape index (κ2) is 5.38. The van der Waals surface area contributed by atoms with E-state index in [9.17, 15) is 4.79 Å². The molecular weight excluding hydrogens is 334 g/mol. The van der Waals surface area contributed by atoms with Crippen LogP contribution in [0.3, 0.4) is 0 Å². The molecule has 4 heterocycles. The summed E-state index contributed by atoms with van der Waals surface area (Å²) in [5, 5.41) is 13.1. The largest absolute Gasteiger partial charge is 0.353 e. The highest BCUT2D eigenvalue weighted by Gasteiger charge is 2.16. The highest BCUT2D eigenvalue weighted by Crippen LogP contribution is 2.30. The number of fused-ring (bicyclic) bond motifs is 1. The SMILES string of the molecule is C#CCn1nnc2c(-c3nc(-c4nccs4)cs3)ncn2c1=O. The van der Waals surface area contributed by atoms with Crippen molar-refractivity contribution in [2.45, 2.75) is 6.54 Å². The Hall–Kier alpha value is -2.90. The highest BCUT2D eigenvalue weighted by molar-refractivity contribution is 7.15. The molecule has 0 saturated carbocycles. The van der Waals surface area contributed by atoms with E-state index >= 15 is 0 Å². The van der Waals surface area contributed by atoms with E-state index in [0.717, 1.165) is 15.4 Å². The normalized spacial score (nSPS) is 10.9. The van der Waals surface area contributed by atoms with E-state index in [0.29, 0.717) is 16.3 Å². The Labute approximate surface area is 137 Å². The number of aromatic nitrogens is 7. The van der Waals surface area contributed by atoms with Crippen LogP contribution >= 0.6 is 22.7 Å². The molecule has 0 fully saturated rings. The summed E-state index contributed by atoms with van der Waals surface area (Å²) in [6.45, 7) is 0.0563. The number of imidazole rings is 1. The Kier molecular flexibility index (Phi) is 3.22. The van der Waals surface area contributed by atoms with Crippen LogP contribution in [0.25, 0.3) is 27.1 Å². The zero-order chi connectivity index (χ0) is 15.8. The first-order valence-electron chi connectivity index (χ1n) is 6.38. The standard InChI is InChI=1S/C13H7N7OS2/c1-2-4-20-13(21)19-7-15-9(10(19)17-18-20)12-16-8(6-23-12)11-14-3-5-22-11/h1,3,5-7H,4H2. The molecule has 0 aromatic carbocycles. The smallest absolute Gasteiger partial charge is 0.245 e. The first-order valence-corrected chi connectivity index (χ1v) is 8.14. The van der Waals surface area contributed by atoms with Crippen molar-refractivity contribution in [2.24, 2.45) is 0 Å². The second-order valence-electron chi connectivity index (χ2n) is 4.40. The molecule has 0 aliphatic heterocycles. The Balaban J connectivity index is 1.83. The van der Waals surface area contributed by atoms with E-state index in [1.54, 1.807) is 6.20 Å². The molecule has 0 atom stereocenters. The molecule has 112 valence electrons. The van der Waals surface area contributed by atoms with Crippen LogP contribution in [-0.4, -0.2) is 34.3 Å². The van der Waals surface area contributed by atoms with Gasteiger partial charge in [0.05, 0.1) is 0 Å². The van der Waals surface area contributed by atoms with E-state index in [1.165, 1.54) is 33.4 Å². The Bertz CT molecular complexity index is 1080. The monoisotopic (exact) mass is 341 g/mol. The number of nitrogens with zero attached hydrogens (tertiary/aromatic N) is 7. The Morgan fingerprint density at radius 2 is 2.17 bits per heavy atom. The van der Waals surface area contributed by atoms with Gasteiger partial charge in [-0.3, -0.25) is 0 Å². The molecule has 4 rings (SSSR count). The van der Waals surface area contributed by atoms with E-state index in [1.807, 2.05) is 10.8 Å². The van der Waals surface area contributed by atoms with Crippen molar-refractivity contribution >= 4 is 28.3 Å². The lowest BCUT2D eigenvalue weighted by Crippen LogP contribution is -2.29. The molecule has 0 unspecified atom stereocenters. The summed E-state index contributed by atoms with van der Waals surface area (Å²) in [5.41, 5.74) is 1.25. The highest BCUT2D eigenvalue weighted by atomic mass is 32.1. The maximum Gasteiger partial charge on any atom is 0.353 e. The lowest BCUT2D eigenvalue weighted by molar-refractivity contribution is 0.577. The van der Waals surface area contributed by atoms with E-state index in [4.69, 9.17) is 6.42 Å². The summed E-state index contributed by atoms with van der Waals surface area (Å²) in [6.07, 6.45) is 8.33. The van der Waals surface area contributed by atoms with Crippen molar-refractivity contribution in [3.63, 3.8) is 0 Å². The number of rotatable bonds is 3. The molecule has 10 heteroatoms. The van der Waals surface area contributed by atoms with Gasteiger partial charge in [-0.05, 0) is 0 Å². The molecule has 8 nitrogen and oxygen atoms in total. The van der Waals surface area contributed by atoms with Crippen LogP contribution in [0.2, 0.25) is 0 Å². The van der Waals surface area contributed by atoms with Gasteiger partial charge in [-0.1, -0.05) is 11.1 Å². The number of hydrogen-bond acceptors (Lipinski definition) is 8. The lowest BCUT2D eigenvalue weighted by Gasteiger charge is -1.98. The van der Waals surface area contributed by atoms with Crippen molar-refractivity contribution in [3.05, 3.63) is 33.8 Å². The molecule has 0 aliphatic carbocycles. The molecule has 23 heavy (non-hydrogen) atoms. The predicted octanol–water partition coefficient (Wildman–Crippen LogP) is 1.17. The fourth-order valence-corrected chi connectivity index (χ4v) is 3.47. The number of terminal acetylenes is 1. The maximum absolute atomic E-state index is 12.2. The van der Waals surface area contributed by atoms with Crippen molar-refractivity contribution in [3.8, 4) is 33.7 Å². The van der Waals surface area contributed by atoms with Crippen LogP contribution in [0.5, 0.6) is 0 Å². The van der Waals surface area contributed by atoms with Crippen LogP contribution in [0, 0.1) is 12.3 Å². The van der Waals surface area contributed by atoms with Crippen molar-refractivity contribution in [1.29, 1.82) is 0 Å². The Morgan fingerprint density at radius 1 is 1.26 bits per heavy atom. The molecule has 0 N–H and O–H groups in total. The van der Waals surface area contributed by atoms with Crippen molar-refractivity contribution in [2.75, 3.05) is 0 Å². The first-order chi connectivity index (χ1) is 11.3. The summed E-state index contributed by atoms with van der Waals surface area (Å²) in [5.74, 6) is 2.36. The van der Waals surface area contributed by atoms with E-state index in [2.05, 4.69) is 31.2 Å². The molecule has 0 amide bonds. The van der Waals surface area contributed by atoms with Crippen molar-refractivity contribution in [1.82, 2.24) is 34.3 Å². The third kappa shape index (κ3) is 2.23. The van der Waals surface area contributed by atoms with Crippen LogP contribution < -0.4 is 5.69 Å². The van der Waals surface area contributed by atoms with Gasteiger partial charge >= 0.3 is 5.69 Å². The van der Waals surface area contributed by atoms with Gasteiger partial charge in [-0.25, -0.2) is 24.1 Å².